The van der Waals surface area contributed by atoms with Crippen LogP contribution in [0, 0.1) is 0 Å². The summed E-state index contributed by atoms with van der Waals surface area (Å²) in [5.41, 5.74) is 2.69. The highest BCUT2D eigenvalue weighted by Crippen LogP contribution is 2.22. The highest BCUT2D eigenvalue weighted by molar-refractivity contribution is 5.21. The van der Waals surface area contributed by atoms with Gasteiger partial charge in [-0.1, -0.05) is 13.8 Å². The molecule has 1 aliphatic heterocycles. The number of hydrogen-bond acceptors (Lipinski definition) is 4. The van der Waals surface area contributed by atoms with Gasteiger partial charge in [0.1, 0.15) is 5.82 Å². The average Bonchev–Trinajstić information content (AvgIpc) is 2.85. The third-order valence-corrected chi connectivity index (χ3v) is 3.88. The normalized spacial score (nSPS) is 14.7. The zero-order valence-electron chi connectivity index (χ0n) is 13.7. The lowest BCUT2D eigenvalue weighted by atomic mass is 10.1. The van der Waals surface area contributed by atoms with E-state index < -0.39 is 0 Å². The molecule has 0 aromatic carbocycles. The predicted molar refractivity (Wildman–Crippen MR) is 83.7 cm³/mol. The number of fused-ring (bicyclic) bond motifs is 1. The fraction of sp³-hybridized carbons (Fsp3) is 0.812. The van der Waals surface area contributed by atoms with Crippen LogP contribution in [-0.4, -0.2) is 43.0 Å². The summed E-state index contributed by atoms with van der Waals surface area (Å²) in [6.45, 7) is 9.69. The van der Waals surface area contributed by atoms with Crippen molar-refractivity contribution >= 4 is 0 Å². The van der Waals surface area contributed by atoms with Crippen molar-refractivity contribution in [1.29, 1.82) is 0 Å². The molecular formula is C16H29N3O2. The van der Waals surface area contributed by atoms with Gasteiger partial charge in [-0.25, -0.2) is 4.98 Å². The van der Waals surface area contributed by atoms with Crippen LogP contribution < -0.4 is 5.32 Å². The van der Waals surface area contributed by atoms with Gasteiger partial charge in [-0.3, -0.25) is 0 Å². The van der Waals surface area contributed by atoms with Crippen molar-refractivity contribution in [3.63, 3.8) is 0 Å². The molecule has 0 unspecified atom stereocenters. The number of methoxy groups -OCH3 is 1. The molecule has 0 fully saturated rings. The molecule has 1 aromatic rings. The Morgan fingerprint density at radius 1 is 1.24 bits per heavy atom. The fourth-order valence-corrected chi connectivity index (χ4v) is 2.80. The summed E-state index contributed by atoms with van der Waals surface area (Å²) in [6, 6.07) is 0. The number of imidazole rings is 1. The Morgan fingerprint density at radius 3 is 2.86 bits per heavy atom. The standard InChI is InChI=1S/C16H29N3O2/c1-13(2)16-18-14-12-17-7-6-15(14)19(16)8-4-5-9-21-11-10-20-3/h13,17H,4-12H2,1-3H3. The predicted octanol–water partition coefficient (Wildman–Crippen LogP) is 2.10. The second-order valence-corrected chi connectivity index (χ2v) is 5.91. The molecule has 5 nitrogen and oxygen atoms in total. The minimum Gasteiger partial charge on any atom is -0.382 e. The molecule has 0 atom stereocenters. The number of aromatic nitrogens is 2. The lowest BCUT2D eigenvalue weighted by Gasteiger charge is -2.17. The number of rotatable bonds is 9. The quantitative estimate of drug-likeness (QED) is 0.709. The molecule has 0 saturated heterocycles. The second-order valence-electron chi connectivity index (χ2n) is 5.91. The molecule has 0 amide bonds. The van der Waals surface area contributed by atoms with Gasteiger partial charge in [-0.15, -0.1) is 0 Å². The highest BCUT2D eigenvalue weighted by atomic mass is 16.5. The lowest BCUT2D eigenvalue weighted by Crippen LogP contribution is -2.25. The van der Waals surface area contributed by atoms with Gasteiger partial charge in [-0.05, 0) is 12.8 Å². The monoisotopic (exact) mass is 295 g/mol. The van der Waals surface area contributed by atoms with Crippen LogP contribution >= 0.6 is 0 Å². The molecule has 2 rings (SSSR count). The van der Waals surface area contributed by atoms with E-state index in [2.05, 4.69) is 23.7 Å². The zero-order valence-corrected chi connectivity index (χ0v) is 13.7. The summed E-state index contributed by atoms with van der Waals surface area (Å²) in [4.78, 5) is 4.84. The van der Waals surface area contributed by atoms with Crippen LogP contribution in [0.2, 0.25) is 0 Å². The van der Waals surface area contributed by atoms with E-state index in [1.807, 2.05) is 0 Å². The molecule has 2 heterocycles. The lowest BCUT2D eigenvalue weighted by molar-refractivity contribution is 0.0683. The van der Waals surface area contributed by atoms with Gasteiger partial charge in [0, 0.05) is 51.4 Å². The minimum atomic E-state index is 0.480. The molecule has 1 aromatic heterocycles. The van der Waals surface area contributed by atoms with E-state index in [0.29, 0.717) is 19.1 Å². The Kier molecular flexibility index (Phi) is 6.67. The van der Waals surface area contributed by atoms with Gasteiger partial charge in [0.2, 0.25) is 0 Å². The van der Waals surface area contributed by atoms with Crippen LogP contribution in [0.3, 0.4) is 0 Å². The third kappa shape index (κ3) is 4.53. The first-order valence-electron chi connectivity index (χ1n) is 8.09. The van der Waals surface area contributed by atoms with Gasteiger partial charge in [0.25, 0.3) is 0 Å². The summed E-state index contributed by atoms with van der Waals surface area (Å²) in [5, 5.41) is 3.41. The number of nitrogens with zero attached hydrogens (tertiary/aromatic N) is 2. The second kappa shape index (κ2) is 8.51. The van der Waals surface area contributed by atoms with Crippen molar-refractivity contribution < 1.29 is 9.47 Å². The first-order chi connectivity index (χ1) is 10.2. The summed E-state index contributed by atoms with van der Waals surface area (Å²) >= 11 is 0. The SMILES string of the molecule is COCCOCCCCn1c(C(C)C)nc2c1CCNC2. The molecule has 0 aliphatic carbocycles. The van der Waals surface area contributed by atoms with Crippen molar-refractivity contribution in [2.24, 2.45) is 0 Å². The molecule has 21 heavy (non-hydrogen) atoms. The molecule has 0 spiro atoms. The van der Waals surface area contributed by atoms with E-state index in [-0.39, 0.29) is 0 Å². The molecule has 0 radical (unpaired) electrons. The molecular weight excluding hydrogens is 266 g/mol. The number of nitrogens with one attached hydrogen (secondary N) is 1. The van der Waals surface area contributed by atoms with Crippen molar-refractivity contribution in [1.82, 2.24) is 14.9 Å². The van der Waals surface area contributed by atoms with Crippen molar-refractivity contribution in [2.45, 2.75) is 52.1 Å². The first-order valence-corrected chi connectivity index (χ1v) is 8.09. The molecule has 120 valence electrons. The Morgan fingerprint density at radius 2 is 2.10 bits per heavy atom. The van der Waals surface area contributed by atoms with Gasteiger partial charge >= 0.3 is 0 Å². The van der Waals surface area contributed by atoms with Gasteiger partial charge in [-0.2, -0.15) is 0 Å². The summed E-state index contributed by atoms with van der Waals surface area (Å²) in [7, 11) is 1.70. The molecule has 0 saturated carbocycles. The van der Waals surface area contributed by atoms with Gasteiger partial charge in [0.05, 0.1) is 18.9 Å². The van der Waals surface area contributed by atoms with Crippen LogP contribution in [-0.2, 0) is 29.0 Å². The largest absolute Gasteiger partial charge is 0.382 e. The number of ether oxygens (including phenoxy) is 2. The first kappa shape index (κ1) is 16.5. The number of unbranched alkanes of at least 4 members (excludes halogenated alkanes) is 1. The topological polar surface area (TPSA) is 48.3 Å². The van der Waals surface area contributed by atoms with Crippen LogP contribution in [0.15, 0.2) is 0 Å². The summed E-state index contributed by atoms with van der Waals surface area (Å²) in [6.07, 6.45) is 3.33. The molecule has 1 N–H and O–H groups in total. The fourth-order valence-electron chi connectivity index (χ4n) is 2.80. The number of hydrogen-bond donors (Lipinski definition) is 1. The van der Waals surface area contributed by atoms with Crippen LogP contribution in [0.5, 0.6) is 0 Å². The Bertz CT molecular complexity index is 429. The van der Waals surface area contributed by atoms with Gasteiger partial charge < -0.3 is 19.4 Å². The Hall–Kier alpha value is -0.910. The molecule has 1 aliphatic rings. The average molecular weight is 295 g/mol. The molecule has 5 heteroatoms. The third-order valence-electron chi connectivity index (χ3n) is 3.88. The zero-order chi connectivity index (χ0) is 15.1. The van der Waals surface area contributed by atoms with E-state index in [1.165, 1.54) is 17.2 Å². The van der Waals surface area contributed by atoms with E-state index >= 15 is 0 Å². The van der Waals surface area contributed by atoms with Crippen molar-refractivity contribution in [3.05, 3.63) is 17.2 Å². The summed E-state index contributed by atoms with van der Waals surface area (Å²) < 4.78 is 12.9. The van der Waals surface area contributed by atoms with E-state index in [1.54, 1.807) is 7.11 Å². The van der Waals surface area contributed by atoms with Crippen molar-refractivity contribution in [2.75, 3.05) is 33.5 Å². The molecule has 0 bridgehead atoms. The van der Waals surface area contributed by atoms with E-state index in [9.17, 15) is 0 Å². The van der Waals surface area contributed by atoms with Crippen LogP contribution in [0.4, 0.5) is 0 Å². The highest BCUT2D eigenvalue weighted by Gasteiger charge is 2.20. The summed E-state index contributed by atoms with van der Waals surface area (Å²) in [5.74, 6) is 1.72. The van der Waals surface area contributed by atoms with Gasteiger partial charge in [0.15, 0.2) is 0 Å². The minimum absolute atomic E-state index is 0.480. The Balaban J connectivity index is 1.85. The van der Waals surface area contributed by atoms with E-state index in [0.717, 1.165) is 45.5 Å². The van der Waals surface area contributed by atoms with Crippen LogP contribution in [0.1, 0.15) is 49.8 Å². The maximum absolute atomic E-state index is 5.52. The maximum atomic E-state index is 5.52. The smallest absolute Gasteiger partial charge is 0.111 e. The van der Waals surface area contributed by atoms with E-state index in [4.69, 9.17) is 14.5 Å². The van der Waals surface area contributed by atoms with Crippen LogP contribution in [0.25, 0.3) is 0 Å². The van der Waals surface area contributed by atoms with Crippen molar-refractivity contribution in [3.8, 4) is 0 Å². The maximum Gasteiger partial charge on any atom is 0.111 e. The Labute approximate surface area is 128 Å².